The van der Waals surface area contributed by atoms with Crippen LogP contribution in [0.15, 0.2) is 0 Å². The van der Waals surface area contributed by atoms with E-state index in [1.165, 1.54) is 0 Å². The number of hydrogen-bond donors (Lipinski definition) is 1. The molecule has 1 heterocycles. The van der Waals surface area contributed by atoms with Crippen molar-refractivity contribution in [3.05, 3.63) is 0 Å². The number of ether oxygens (including phenoxy) is 1. The standard InChI is InChI=1S/C13H19NO3/c1-2-3-4-14-12(15)10-7-5-8-9(6-7)17-13(16)11(8)10/h7-11H,2-6H2,1H3,(H,14,15)/t7-,8+,9-,10-,11+/m1/s1. The molecule has 2 saturated carbocycles. The minimum absolute atomic E-state index is 0.0771. The third kappa shape index (κ3) is 1.57. The molecule has 0 unspecified atom stereocenters. The molecule has 1 aliphatic heterocycles. The van der Waals surface area contributed by atoms with Gasteiger partial charge in [0.15, 0.2) is 0 Å². The summed E-state index contributed by atoms with van der Waals surface area (Å²) in [5.41, 5.74) is 0. The SMILES string of the molecule is CCCCNC(=O)[C@@H]1[C@@H]2C[C@@H]3[C@@H]1C(=O)O[C@@H]3C2. The number of carbonyl (C=O) groups is 2. The van der Waals surface area contributed by atoms with Gasteiger partial charge in [0.05, 0.1) is 11.8 Å². The minimum atomic E-state index is -0.139. The molecule has 3 aliphatic rings. The van der Waals surface area contributed by atoms with Gasteiger partial charge in [0.1, 0.15) is 6.10 Å². The largest absolute Gasteiger partial charge is 0.462 e. The number of hydrogen-bond acceptors (Lipinski definition) is 3. The molecule has 2 bridgehead atoms. The minimum Gasteiger partial charge on any atom is -0.462 e. The van der Waals surface area contributed by atoms with Gasteiger partial charge in [-0.3, -0.25) is 9.59 Å². The van der Waals surface area contributed by atoms with E-state index in [1.54, 1.807) is 0 Å². The molecule has 4 heteroatoms. The molecular formula is C13H19NO3. The second-order valence-corrected chi connectivity index (χ2v) is 5.57. The summed E-state index contributed by atoms with van der Waals surface area (Å²) in [5.74, 6) is 0.407. The first-order valence-electron chi connectivity index (χ1n) is 6.70. The molecule has 0 aromatic carbocycles. The zero-order chi connectivity index (χ0) is 12.0. The van der Waals surface area contributed by atoms with E-state index in [4.69, 9.17) is 4.74 Å². The molecule has 1 amide bonds. The smallest absolute Gasteiger partial charge is 0.310 e. The topological polar surface area (TPSA) is 55.4 Å². The van der Waals surface area contributed by atoms with Crippen LogP contribution in [-0.4, -0.2) is 24.5 Å². The normalized spacial score (nSPS) is 41.7. The highest BCUT2D eigenvalue weighted by Crippen LogP contribution is 2.57. The molecule has 1 N–H and O–H groups in total. The van der Waals surface area contributed by atoms with Crippen molar-refractivity contribution in [3.8, 4) is 0 Å². The fourth-order valence-corrected chi connectivity index (χ4v) is 3.87. The van der Waals surface area contributed by atoms with Crippen LogP contribution in [0.4, 0.5) is 0 Å². The van der Waals surface area contributed by atoms with E-state index in [2.05, 4.69) is 12.2 Å². The Hall–Kier alpha value is -1.06. The predicted octanol–water partition coefficient (Wildman–Crippen LogP) is 1.10. The van der Waals surface area contributed by atoms with Crippen LogP contribution in [0, 0.1) is 23.7 Å². The van der Waals surface area contributed by atoms with Crippen LogP contribution in [0.5, 0.6) is 0 Å². The molecule has 0 radical (unpaired) electrons. The van der Waals surface area contributed by atoms with E-state index in [9.17, 15) is 9.59 Å². The van der Waals surface area contributed by atoms with Crippen LogP contribution < -0.4 is 5.32 Å². The molecule has 17 heavy (non-hydrogen) atoms. The van der Waals surface area contributed by atoms with Crippen molar-refractivity contribution in [1.82, 2.24) is 5.32 Å². The number of nitrogens with one attached hydrogen (secondary N) is 1. The third-order valence-corrected chi connectivity index (χ3v) is 4.62. The lowest BCUT2D eigenvalue weighted by molar-refractivity contribution is -0.146. The van der Waals surface area contributed by atoms with Gasteiger partial charge in [-0.05, 0) is 25.2 Å². The van der Waals surface area contributed by atoms with Crippen molar-refractivity contribution in [3.63, 3.8) is 0 Å². The number of amides is 1. The molecule has 4 nitrogen and oxygen atoms in total. The summed E-state index contributed by atoms with van der Waals surface area (Å²) in [6.45, 7) is 2.83. The summed E-state index contributed by atoms with van der Waals surface area (Å²) in [4.78, 5) is 23.9. The highest BCUT2D eigenvalue weighted by Gasteiger charge is 2.63. The van der Waals surface area contributed by atoms with Crippen LogP contribution in [0.1, 0.15) is 32.6 Å². The summed E-state index contributed by atoms with van der Waals surface area (Å²) >= 11 is 0. The van der Waals surface area contributed by atoms with Gasteiger partial charge >= 0.3 is 5.97 Å². The summed E-state index contributed by atoms with van der Waals surface area (Å²) in [6.07, 6.45) is 4.11. The lowest BCUT2D eigenvalue weighted by atomic mass is 9.79. The van der Waals surface area contributed by atoms with Crippen molar-refractivity contribution >= 4 is 11.9 Å². The first-order valence-corrected chi connectivity index (χ1v) is 6.70. The van der Waals surface area contributed by atoms with Crippen molar-refractivity contribution in [2.24, 2.45) is 23.7 Å². The van der Waals surface area contributed by atoms with E-state index in [0.29, 0.717) is 11.8 Å². The van der Waals surface area contributed by atoms with Crippen LogP contribution in [0.25, 0.3) is 0 Å². The summed E-state index contributed by atoms with van der Waals surface area (Å²) in [7, 11) is 0. The summed E-state index contributed by atoms with van der Waals surface area (Å²) in [6, 6.07) is 0. The molecule has 0 aromatic rings. The quantitative estimate of drug-likeness (QED) is 0.588. The lowest BCUT2D eigenvalue weighted by Gasteiger charge is -2.23. The Morgan fingerprint density at radius 1 is 1.47 bits per heavy atom. The average molecular weight is 237 g/mol. The third-order valence-electron chi connectivity index (χ3n) is 4.62. The Balaban J connectivity index is 1.68. The Kier molecular flexibility index (Phi) is 2.60. The first kappa shape index (κ1) is 11.1. The maximum absolute atomic E-state index is 12.1. The molecule has 0 aromatic heterocycles. The van der Waals surface area contributed by atoms with Crippen molar-refractivity contribution < 1.29 is 14.3 Å². The Bertz CT molecular complexity index is 353. The molecule has 0 spiro atoms. The number of esters is 1. The van der Waals surface area contributed by atoms with E-state index in [0.717, 1.165) is 32.2 Å². The van der Waals surface area contributed by atoms with Crippen LogP contribution >= 0.6 is 0 Å². The Morgan fingerprint density at radius 2 is 2.29 bits per heavy atom. The van der Waals surface area contributed by atoms with Gasteiger partial charge in [-0.15, -0.1) is 0 Å². The molecule has 5 atom stereocenters. The maximum atomic E-state index is 12.1. The zero-order valence-electron chi connectivity index (χ0n) is 10.1. The van der Waals surface area contributed by atoms with Gasteiger partial charge in [0, 0.05) is 12.5 Å². The maximum Gasteiger partial charge on any atom is 0.310 e. The molecule has 1 saturated heterocycles. The lowest BCUT2D eigenvalue weighted by Crippen LogP contribution is -2.40. The molecule has 94 valence electrons. The van der Waals surface area contributed by atoms with E-state index < -0.39 is 0 Å². The van der Waals surface area contributed by atoms with Gasteiger partial charge in [-0.2, -0.15) is 0 Å². The van der Waals surface area contributed by atoms with Crippen molar-refractivity contribution in [2.45, 2.75) is 38.7 Å². The van der Waals surface area contributed by atoms with E-state index >= 15 is 0 Å². The monoisotopic (exact) mass is 237 g/mol. The molecule has 3 fully saturated rings. The fourth-order valence-electron chi connectivity index (χ4n) is 3.87. The number of fused-ring (bicyclic) bond motifs is 1. The number of unbranched alkanes of at least 4 members (excludes halogenated alkanes) is 1. The molecule has 2 aliphatic carbocycles. The van der Waals surface area contributed by atoms with E-state index in [1.807, 2.05) is 0 Å². The highest BCUT2D eigenvalue weighted by atomic mass is 16.6. The van der Waals surface area contributed by atoms with Gasteiger partial charge in [0.2, 0.25) is 5.91 Å². The highest BCUT2D eigenvalue weighted by molar-refractivity contribution is 5.88. The van der Waals surface area contributed by atoms with Gasteiger partial charge in [-0.1, -0.05) is 13.3 Å². The Morgan fingerprint density at radius 3 is 3.06 bits per heavy atom. The van der Waals surface area contributed by atoms with Gasteiger partial charge < -0.3 is 10.1 Å². The average Bonchev–Trinajstić information content (AvgIpc) is 2.89. The summed E-state index contributed by atoms with van der Waals surface area (Å²) < 4.78 is 5.33. The molecule has 3 rings (SSSR count). The zero-order valence-corrected chi connectivity index (χ0v) is 10.1. The number of rotatable bonds is 4. The van der Waals surface area contributed by atoms with E-state index in [-0.39, 0.29) is 29.8 Å². The van der Waals surface area contributed by atoms with Crippen LogP contribution in [0.2, 0.25) is 0 Å². The Labute approximate surface area is 101 Å². The fraction of sp³-hybridized carbons (Fsp3) is 0.846. The second-order valence-electron chi connectivity index (χ2n) is 5.57. The van der Waals surface area contributed by atoms with Gasteiger partial charge in [0.25, 0.3) is 0 Å². The summed E-state index contributed by atoms with van der Waals surface area (Å²) in [5, 5.41) is 2.97. The predicted molar refractivity (Wildman–Crippen MR) is 61.0 cm³/mol. The van der Waals surface area contributed by atoms with Crippen LogP contribution in [0.3, 0.4) is 0 Å². The number of carbonyl (C=O) groups excluding carboxylic acids is 2. The first-order chi connectivity index (χ1) is 8.22. The van der Waals surface area contributed by atoms with Crippen LogP contribution in [-0.2, 0) is 14.3 Å². The van der Waals surface area contributed by atoms with Gasteiger partial charge in [-0.25, -0.2) is 0 Å². The van der Waals surface area contributed by atoms with Crippen molar-refractivity contribution in [2.75, 3.05) is 6.54 Å². The van der Waals surface area contributed by atoms with Crippen molar-refractivity contribution in [1.29, 1.82) is 0 Å². The molecular weight excluding hydrogens is 218 g/mol. The second kappa shape index (κ2) is 4.00.